The topological polar surface area (TPSA) is 45.7 Å². The van der Waals surface area contributed by atoms with Gasteiger partial charge in [0.1, 0.15) is 0 Å². The first-order chi connectivity index (χ1) is 12.1. The van der Waals surface area contributed by atoms with Crippen LogP contribution in [0, 0.1) is 0 Å². The highest BCUT2D eigenvalue weighted by atomic mass is 19.1. The van der Waals surface area contributed by atoms with Gasteiger partial charge in [0.05, 0.1) is 24.4 Å². The Morgan fingerprint density at radius 1 is 1.20 bits per heavy atom. The van der Waals surface area contributed by atoms with Crippen LogP contribution in [0.5, 0.6) is 0 Å². The molecule has 1 aliphatic carbocycles. The maximum atomic E-state index is 14.6. The molecule has 6 heteroatoms. The number of amides is 1. The van der Waals surface area contributed by atoms with Crippen LogP contribution >= 0.6 is 0 Å². The maximum Gasteiger partial charge on any atom is 0.260 e. The van der Waals surface area contributed by atoms with Crippen molar-refractivity contribution in [3.8, 4) is 0 Å². The molecule has 0 bridgehead atoms. The number of carbonyl (C=O) groups is 1. The molecule has 3 aliphatic rings. The number of ether oxygens (including phenoxy) is 1. The van der Waals surface area contributed by atoms with Crippen molar-refractivity contribution in [3.63, 3.8) is 0 Å². The average Bonchev–Trinajstić information content (AvgIpc) is 2.60. The third-order valence-electron chi connectivity index (χ3n) is 5.80. The zero-order chi connectivity index (χ0) is 17.3. The fourth-order valence-electron chi connectivity index (χ4n) is 4.30. The second kappa shape index (κ2) is 6.65. The summed E-state index contributed by atoms with van der Waals surface area (Å²) in [6, 6.07) is 5.95. The lowest BCUT2D eigenvalue weighted by Crippen LogP contribution is -2.63. The number of nitrogens with zero attached hydrogens (tertiary/aromatic N) is 3. The van der Waals surface area contributed by atoms with Gasteiger partial charge in [0, 0.05) is 25.8 Å². The summed E-state index contributed by atoms with van der Waals surface area (Å²) in [7, 11) is 0. The molecule has 1 amide bonds. The summed E-state index contributed by atoms with van der Waals surface area (Å²) in [5, 5.41) is 0. The van der Waals surface area contributed by atoms with Crippen molar-refractivity contribution in [1.29, 1.82) is 0 Å². The van der Waals surface area contributed by atoms with E-state index in [2.05, 4.69) is 9.88 Å². The molecular formula is C19H26FN3O2. The molecule has 1 aromatic rings. The van der Waals surface area contributed by atoms with E-state index in [4.69, 9.17) is 4.74 Å². The number of aromatic nitrogens is 1. The monoisotopic (exact) mass is 347 g/mol. The molecule has 4 rings (SSSR count). The van der Waals surface area contributed by atoms with Crippen LogP contribution in [0.2, 0.25) is 0 Å². The van der Waals surface area contributed by atoms with E-state index >= 15 is 0 Å². The van der Waals surface area contributed by atoms with Gasteiger partial charge in [-0.2, -0.15) is 0 Å². The number of pyridine rings is 1. The summed E-state index contributed by atoms with van der Waals surface area (Å²) in [5.41, 5.74) is -0.928. The number of rotatable bonds is 3. The van der Waals surface area contributed by atoms with Gasteiger partial charge in [-0.3, -0.25) is 14.7 Å². The Morgan fingerprint density at radius 3 is 2.80 bits per heavy atom. The van der Waals surface area contributed by atoms with E-state index in [0.717, 1.165) is 44.6 Å². The third kappa shape index (κ3) is 3.42. The van der Waals surface area contributed by atoms with Crippen LogP contribution in [-0.4, -0.2) is 64.7 Å². The Bertz CT molecular complexity index is 618. The Kier molecular flexibility index (Phi) is 4.50. The van der Waals surface area contributed by atoms with Crippen LogP contribution < -0.4 is 0 Å². The largest absolute Gasteiger partial charge is 0.370 e. The Labute approximate surface area is 148 Å². The molecule has 1 spiro atoms. The van der Waals surface area contributed by atoms with E-state index in [1.54, 1.807) is 4.90 Å². The van der Waals surface area contributed by atoms with Gasteiger partial charge in [-0.15, -0.1) is 0 Å². The molecule has 25 heavy (non-hydrogen) atoms. The molecule has 0 aromatic carbocycles. The molecule has 2 saturated heterocycles. The number of likely N-dealkylation sites (tertiary alicyclic amines) is 1. The predicted molar refractivity (Wildman–Crippen MR) is 91.7 cm³/mol. The zero-order valence-electron chi connectivity index (χ0n) is 14.6. The minimum atomic E-state index is -1.61. The number of piperidine rings is 1. The number of morpholine rings is 1. The van der Waals surface area contributed by atoms with Crippen LogP contribution in [0.15, 0.2) is 24.4 Å². The third-order valence-corrected chi connectivity index (χ3v) is 5.80. The summed E-state index contributed by atoms with van der Waals surface area (Å²) in [5.74, 6) is -0.316. The van der Waals surface area contributed by atoms with E-state index in [1.807, 2.05) is 24.4 Å². The lowest BCUT2D eigenvalue weighted by molar-refractivity contribution is -0.174. The molecule has 2 aliphatic heterocycles. The van der Waals surface area contributed by atoms with Gasteiger partial charge in [-0.25, -0.2) is 4.39 Å². The highest BCUT2D eigenvalue weighted by molar-refractivity contribution is 5.86. The van der Waals surface area contributed by atoms with Crippen molar-refractivity contribution in [2.45, 2.75) is 49.9 Å². The highest BCUT2D eigenvalue weighted by Crippen LogP contribution is 2.39. The number of halogens is 1. The number of hydrogen-bond acceptors (Lipinski definition) is 4. The summed E-state index contributed by atoms with van der Waals surface area (Å²) >= 11 is 0. The Balaban J connectivity index is 1.42. The van der Waals surface area contributed by atoms with Gasteiger partial charge in [0.2, 0.25) is 0 Å². The summed E-state index contributed by atoms with van der Waals surface area (Å²) in [6.07, 6.45) is 5.33. The van der Waals surface area contributed by atoms with Crippen molar-refractivity contribution >= 4 is 5.91 Å². The normalized spacial score (nSPS) is 29.4. The molecule has 136 valence electrons. The number of hydrogen-bond donors (Lipinski definition) is 0. The Hall–Kier alpha value is -1.53. The highest BCUT2D eigenvalue weighted by Gasteiger charge is 2.50. The summed E-state index contributed by atoms with van der Waals surface area (Å²) in [6.45, 7) is 4.07. The molecule has 1 unspecified atom stereocenters. The van der Waals surface area contributed by atoms with Gasteiger partial charge in [-0.05, 0) is 50.8 Å². The molecule has 5 nitrogen and oxygen atoms in total. The van der Waals surface area contributed by atoms with E-state index in [0.29, 0.717) is 32.5 Å². The van der Waals surface area contributed by atoms with Gasteiger partial charge in [0.25, 0.3) is 5.91 Å². The molecule has 3 fully saturated rings. The zero-order valence-corrected chi connectivity index (χ0v) is 14.6. The Morgan fingerprint density at radius 2 is 2.08 bits per heavy atom. The average molecular weight is 347 g/mol. The van der Waals surface area contributed by atoms with Crippen molar-refractivity contribution in [2.24, 2.45) is 0 Å². The van der Waals surface area contributed by atoms with Crippen molar-refractivity contribution in [2.75, 3.05) is 32.8 Å². The fraction of sp³-hybridized carbons (Fsp3) is 0.684. The number of carbonyl (C=O) groups excluding carboxylic acids is 1. The SMILES string of the molecule is O=C(N1CCOC2(CCCN(Cc3ccccn3)C2)C1)C1(F)CCC1. The van der Waals surface area contributed by atoms with Gasteiger partial charge >= 0.3 is 0 Å². The molecular weight excluding hydrogens is 321 g/mol. The smallest absolute Gasteiger partial charge is 0.260 e. The minimum absolute atomic E-state index is 0.316. The van der Waals surface area contributed by atoms with Crippen LogP contribution in [0.1, 0.15) is 37.8 Å². The van der Waals surface area contributed by atoms with E-state index in [1.165, 1.54) is 0 Å². The van der Waals surface area contributed by atoms with Crippen LogP contribution in [-0.2, 0) is 16.1 Å². The fourth-order valence-corrected chi connectivity index (χ4v) is 4.30. The van der Waals surface area contributed by atoms with Crippen molar-refractivity contribution < 1.29 is 13.9 Å². The first-order valence-corrected chi connectivity index (χ1v) is 9.33. The van der Waals surface area contributed by atoms with Crippen molar-refractivity contribution in [1.82, 2.24) is 14.8 Å². The van der Waals surface area contributed by atoms with E-state index in [9.17, 15) is 9.18 Å². The van der Waals surface area contributed by atoms with Gasteiger partial charge < -0.3 is 9.64 Å². The second-order valence-corrected chi connectivity index (χ2v) is 7.71. The lowest BCUT2D eigenvalue weighted by atomic mass is 9.80. The minimum Gasteiger partial charge on any atom is -0.370 e. The predicted octanol–water partition coefficient (Wildman–Crippen LogP) is 2.17. The van der Waals surface area contributed by atoms with Crippen LogP contribution in [0.4, 0.5) is 4.39 Å². The molecule has 1 aromatic heterocycles. The molecule has 3 heterocycles. The molecule has 0 radical (unpaired) electrons. The first-order valence-electron chi connectivity index (χ1n) is 9.33. The standard InChI is InChI=1S/C19H26FN3O2/c20-19(7-3-8-19)17(24)23-11-12-25-18(15-23)6-4-10-22(14-18)13-16-5-1-2-9-21-16/h1-2,5,9H,3-4,6-8,10-15H2. The maximum absolute atomic E-state index is 14.6. The summed E-state index contributed by atoms with van der Waals surface area (Å²) in [4.78, 5) is 21.0. The molecule has 1 atom stereocenters. The second-order valence-electron chi connectivity index (χ2n) is 7.71. The number of alkyl halides is 1. The van der Waals surface area contributed by atoms with Crippen LogP contribution in [0.3, 0.4) is 0 Å². The quantitative estimate of drug-likeness (QED) is 0.841. The lowest BCUT2D eigenvalue weighted by Gasteiger charge is -2.49. The first kappa shape index (κ1) is 16.9. The van der Waals surface area contributed by atoms with Crippen molar-refractivity contribution in [3.05, 3.63) is 30.1 Å². The molecule has 0 N–H and O–H groups in total. The summed E-state index contributed by atoms with van der Waals surface area (Å²) < 4.78 is 20.7. The van der Waals surface area contributed by atoms with Gasteiger partial charge in [0.15, 0.2) is 5.67 Å². The van der Waals surface area contributed by atoms with E-state index in [-0.39, 0.29) is 11.5 Å². The molecule has 1 saturated carbocycles. The van der Waals surface area contributed by atoms with Gasteiger partial charge in [-0.1, -0.05) is 6.07 Å². The van der Waals surface area contributed by atoms with Crippen LogP contribution in [0.25, 0.3) is 0 Å². The van der Waals surface area contributed by atoms with E-state index < -0.39 is 5.67 Å².